The first kappa shape index (κ1) is 8.30. The van der Waals surface area contributed by atoms with Crippen LogP contribution in [0.25, 0.3) is 0 Å². The number of aryl methyl sites for hydroxylation is 1. The highest BCUT2D eigenvalue weighted by atomic mass is 35.5. The van der Waals surface area contributed by atoms with Crippen LogP contribution < -0.4 is 5.32 Å². The molecule has 0 fully saturated rings. The first-order chi connectivity index (χ1) is 3.83. The molecule has 0 saturated carbocycles. The molecular weight excluding hydrogens is 138 g/mol. The molecule has 4 heteroatoms. The Kier molecular flexibility index (Phi) is 3.09. The SMILES string of the molecule is CNc1cnn(C)c1.Cl. The third-order valence-corrected chi connectivity index (χ3v) is 0.994. The summed E-state index contributed by atoms with van der Waals surface area (Å²) in [6.45, 7) is 0. The summed E-state index contributed by atoms with van der Waals surface area (Å²) in [5.74, 6) is 0. The zero-order valence-corrected chi connectivity index (χ0v) is 6.27. The fourth-order valence-electron chi connectivity index (χ4n) is 0.550. The van der Waals surface area contributed by atoms with Gasteiger partial charge in [-0.2, -0.15) is 5.10 Å². The van der Waals surface area contributed by atoms with Crippen molar-refractivity contribution in [3.63, 3.8) is 0 Å². The minimum atomic E-state index is 0. The number of halogens is 1. The number of hydrogen-bond acceptors (Lipinski definition) is 2. The van der Waals surface area contributed by atoms with Gasteiger partial charge in [-0.25, -0.2) is 0 Å². The molecule has 0 radical (unpaired) electrons. The zero-order chi connectivity index (χ0) is 5.98. The standard InChI is InChI=1S/C5H9N3.ClH/c1-6-5-3-7-8(2)4-5;/h3-4,6H,1-2H3;1H. The summed E-state index contributed by atoms with van der Waals surface area (Å²) < 4.78 is 1.76. The normalized spacial score (nSPS) is 8.22. The van der Waals surface area contributed by atoms with E-state index in [9.17, 15) is 0 Å². The predicted molar refractivity (Wildman–Crippen MR) is 40.0 cm³/mol. The second-order valence-corrected chi connectivity index (χ2v) is 1.65. The van der Waals surface area contributed by atoms with Crippen LogP contribution in [0.1, 0.15) is 0 Å². The van der Waals surface area contributed by atoms with Gasteiger partial charge in [0.2, 0.25) is 0 Å². The molecular formula is C5H10ClN3. The van der Waals surface area contributed by atoms with Gasteiger partial charge in [-0.05, 0) is 0 Å². The monoisotopic (exact) mass is 147 g/mol. The van der Waals surface area contributed by atoms with Crippen molar-refractivity contribution in [2.75, 3.05) is 12.4 Å². The van der Waals surface area contributed by atoms with Gasteiger partial charge >= 0.3 is 0 Å². The lowest BCUT2D eigenvalue weighted by Gasteiger charge is -1.86. The van der Waals surface area contributed by atoms with Crippen LogP contribution in [0.15, 0.2) is 12.4 Å². The molecule has 0 aromatic carbocycles. The third-order valence-electron chi connectivity index (χ3n) is 0.994. The van der Waals surface area contributed by atoms with Crippen LogP contribution in [0.3, 0.4) is 0 Å². The molecule has 0 aliphatic carbocycles. The van der Waals surface area contributed by atoms with E-state index >= 15 is 0 Å². The number of anilines is 1. The third kappa shape index (κ3) is 1.93. The second kappa shape index (κ2) is 3.35. The Hall–Kier alpha value is -0.700. The molecule has 1 aromatic rings. The van der Waals surface area contributed by atoms with Crippen LogP contribution in [0.4, 0.5) is 5.69 Å². The van der Waals surface area contributed by atoms with Crippen LogP contribution in [0.2, 0.25) is 0 Å². The van der Waals surface area contributed by atoms with Crippen LogP contribution in [-0.4, -0.2) is 16.8 Å². The van der Waals surface area contributed by atoms with E-state index in [2.05, 4.69) is 10.4 Å². The topological polar surface area (TPSA) is 29.9 Å². The minimum Gasteiger partial charge on any atom is -0.386 e. The molecule has 0 unspecified atom stereocenters. The molecule has 9 heavy (non-hydrogen) atoms. The predicted octanol–water partition coefficient (Wildman–Crippen LogP) is 0.884. The van der Waals surface area contributed by atoms with Gasteiger partial charge in [-0.15, -0.1) is 12.4 Å². The number of nitrogens with zero attached hydrogens (tertiary/aromatic N) is 2. The van der Waals surface area contributed by atoms with Gasteiger partial charge in [0.1, 0.15) is 0 Å². The summed E-state index contributed by atoms with van der Waals surface area (Å²) in [4.78, 5) is 0. The molecule has 0 saturated heterocycles. The quantitative estimate of drug-likeness (QED) is 0.639. The first-order valence-electron chi connectivity index (χ1n) is 2.49. The van der Waals surface area contributed by atoms with Crippen LogP contribution in [-0.2, 0) is 7.05 Å². The van der Waals surface area contributed by atoms with Crippen molar-refractivity contribution in [1.29, 1.82) is 0 Å². The van der Waals surface area contributed by atoms with E-state index in [1.54, 1.807) is 10.9 Å². The van der Waals surface area contributed by atoms with E-state index < -0.39 is 0 Å². The molecule has 0 bridgehead atoms. The Morgan fingerprint density at radius 3 is 2.56 bits per heavy atom. The lowest BCUT2D eigenvalue weighted by molar-refractivity contribution is 0.768. The second-order valence-electron chi connectivity index (χ2n) is 1.65. The van der Waals surface area contributed by atoms with E-state index in [0.29, 0.717) is 0 Å². The highest BCUT2D eigenvalue weighted by Gasteiger charge is 1.86. The number of aromatic nitrogens is 2. The Morgan fingerprint density at radius 2 is 2.33 bits per heavy atom. The molecule has 52 valence electrons. The molecule has 1 heterocycles. The highest BCUT2D eigenvalue weighted by Crippen LogP contribution is 1.99. The van der Waals surface area contributed by atoms with Gasteiger partial charge in [-0.3, -0.25) is 4.68 Å². The smallest absolute Gasteiger partial charge is 0.0723 e. The summed E-state index contributed by atoms with van der Waals surface area (Å²) in [6, 6.07) is 0. The molecule has 0 aliphatic rings. The van der Waals surface area contributed by atoms with Crippen LogP contribution >= 0.6 is 12.4 Å². The summed E-state index contributed by atoms with van der Waals surface area (Å²) in [7, 11) is 3.76. The van der Waals surface area contributed by atoms with Crippen LogP contribution in [0, 0.1) is 0 Å². The van der Waals surface area contributed by atoms with Crippen LogP contribution in [0.5, 0.6) is 0 Å². The van der Waals surface area contributed by atoms with Crippen molar-refractivity contribution in [3.05, 3.63) is 12.4 Å². The van der Waals surface area contributed by atoms with Crippen molar-refractivity contribution in [3.8, 4) is 0 Å². The summed E-state index contributed by atoms with van der Waals surface area (Å²) in [5, 5.41) is 6.91. The van der Waals surface area contributed by atoms with E-state index in [-0.39, 0.29) is 12.4 Å². The van der Waals surface area contributed by atoms with Crippen molar-refractivity contribution < 1.29 is 0 Å². The number of rotatable bonds is 1. The average molecular weight is 148 g/mol. The maximum atomic E-state index is 3.94. The van der Waals surface area contributed by atoms with Gasteiger partial charge in [0, 0.05) is 20.3 Å². The molecule has 3 nitrogen and oxygen atoms in total. The van der Waals surface area contributed by atoms with E-state index in [1.807, 2.05) is 20.3 Å². The lowest BCUT2D eigenvalue weighted by Crippen LogP contribution is -1.85. The fraction of sp³-hybridized carbons (Fsp3) is 0.400. The molecule has 0 atom stereocenters. The molecule has 0 amide bonds. The van der Waals surface area contributed by atoms with E-state index in [0.717, 1.165) is 5.69 Å². The Bertz CT molecular complexity index is 172. The molecule has 1 rings (SSSR count). The van der Waals surface area contributed by atoms with Crippen molar-refractivity contribution in [2.24, 2.45) is 7.05 Å². The van der Waals surface area contributed by atoms with Gasteiger partial charge in [0.15, 0.2) is 0 Å². The minimum absolute atomic E-state index is 0. The van der Waals surface area contributed by atoms with E-state index in [4.69, 9.17) is 0 Å². The summed E-state index contributed by atoms with van der Waals surface area (Å²) >= 11 is 0. The lowest BCUT2D eigenvalue weighted by atomic mass is 10.6. The van der Waals surface area contributed by atoms with Gasteiger partial charge < -0.3 is 5.32 Å². The van der Waals surface area contributed by atoms with Crippen molar-refractivity contribution in [2.45, 2.75) is 0 Å². The zero-order valence-electron chi connectivity index (χ0n) is 5.46. The van der Waals surface area contributed by atoms with Crippen molar-refractivity contribution in [1.82, 2.24) is 9.78 Å². The Labute approximate surface area is 60.5 Å². The van der Waals surface area contributed by atoms with Gasteiger partial charge in [0.05, 0.1) is 11.9 Å². The average Bonchev–Trinajstić information content (AvgIpc) is 2.14. The molecule has 0 aliphatic heterocycles. The Morgan fingerprint density at radius 1 is 1.67 bits per heavy atom. The maximum Gasteiger partial charge on any atom is 0.0723 e. The van der Waals surface area contributed by atoms with Crippen molar-refractivity contribution >= 4 is 18.1 Å². The molecule has 1 N–H and O–H groups in total. The largest absolute Gasteiger partial charge is 0.386 e. The summed E-state index contributed by atoms with van der Waals surface area (Å²) in [5.41, 5.74) is 1.05. The number of hydrogen-bond donors (Lipinski definition) is 1. The summed E-state index contributed by atoms with van der Waals surface area (Å²) in [6.07, 6.45) is 3.69. The van der Waals surface area contributed by atoms with Gasteiger partial charge in [-0.1, -0.05) is 0 Å². The highest BCUT2D eigenvalue weighted by molar-refractivity contribution is 5.85. The maximum absolute atomic E-state index is 3.94. The Balaban J connectivity index is 0.000000640. The fourth-order valence-corrected chi connectivity index (χ4v) is 0.550. The first-order valence-corrected chi connectivity index (χ1v) is 2.49. The number of nitrogens with one attached hydrogen (secondary N) is 1. The molecule has 1 aromatic heterocycles. The van der Waals surface area contributed by atoms with E-state index in [1.165, 1.54) is 0 Å². The van der Waals surface area contributed by atoms with Gasteiger partial charge in [0.25, 0.3) is 0 Å². The molecule has 0 spiro atoms.